The summed E-state index contributed by atoms with van der Waals surface area (Å²) in [4.78, 5) is 27.3. The molecule has 1 heterocycles. The zero-order chi connectivity index (χ0) is 14.3. The van der Waals surface area contributed by atoms with Crippen LogP contribution >= 0.6 is 11.8 Å². The van der Waals surface area contributed by atoms with Crippen LogP contribution in [0.2, 0.25) is 0 Å². The van der Waals surface area contributed by atoms with E-state index in [0.29, 0.717) is 0 Å². The maximum absolute atomic E-state index is 12.1. The van der Waals surface area contributed by atoms with E-state index in [0.717, 1.165) is 38.5 Å². The van der Waals surface area contributed by atoms with Crippen molar-refractivity contribution in [1.82, 2.24) is 15.1 Å². The van der Waals surface area contributed by atoms with E-state index >= 15 is 0 Å². The number of piperazine rings is 1. The van der Waals surface area contributed by atoms with Crippen LogP contribution in [-0.4, -0.2) is 79.7 Å². The molecule has 1 aliphatic rings. The molecule has 0 spiro atoms. The van der Waals surface area contributed by atoms with Crippen molar-refractivity contribution in [3.05, 3.63) is 0 Å². The Morgan fingerprint density at radius 2 is 1.95 bits per heavy atom. The largest absolute Gasteiger partial charge is 0.453 e. The molecule has 0 aliphatic carbocycles. The summed E-state index contributed by atoms with van der Waals surface area (Å²) < 4.78 is 4.49. The van der Waals surface area contributed by atoms with Crippen LogP contribution in [0.3, 0.4) is 0 Å². The number of carbonyl (C=O) groups excluding carboxylic acids is 2. The number of carbonyl (C=O) groups is 2. The number of ether oxygens (including phenoxy) is 1. The molecule has 1 atom stereocenters. The van der Waals surface area contributed by atoms with E-state index in [2.05, 4.69) is 21.2 Å². The standard InChI is InChI=1S/C12H23N3O3S/c1-10(13-12(17)18-2)11(16)15-6-4-14(5-7-15)8-9-19-3/h10H,4-9H2,1-3H3,(H,13,17). The van der Waals surface area contributed by atoms with Gasteiger partial charge in [0.1, 0.15) is 6.04 Å². The number of amides is 2. The smallest absolute Gasteiger partial charge is 0.407 e. The first-order valence-electron chi connectivity index (χ1n) is 6.43. The zero-order valence-electron chi connectivity index (χ0n) is 11.8. The first kappa shape index (κ1) is 16.1. The fourth-order valence-corrected chi connectivity index (χ4v) is 2.42. The first-order valence-corrected chi connectivity index (χ1v) is 7.82. The summed E-state index contributed by atoms with van der Waals surface area (Å²) in [6.07, 6.45) is 1.53. The molecule has 0 bridgehead atoms. The van der Waals surface area contributed by atoms with Crippen molar-refractivity contribution in [2.75, 3.05) is 51.8 Å². The Kier molecular flexibility index (Phi) is 7.01. The Balaban J connectivity index is 2.33. The van der Waals surface area contributed by atoms with E-state index < -0.39 is 12.1 Å². The molecule has 2 amide bonds. The van der Waals surface area contributed by atoms with Gasteiger partial charge in [0.15, 0.2) is 0 Å². The molecule has 110 valence electrons. The third-order valence-corrected chi connectivity index (χ3v) is 3.78. The molecule has 1 saturated heterocycles. The van der Waals surface area contributed by atoms with Gasteiger partial charge in [-0.15, -0.1) is 0 Å². The number of hydrogen-bond donors (Lipinski definition) is 1. The van der Waals surface area contributed by atoms with Crippen molar-refractivity contribution >= 4 is 23.8 Å². The Morgan fingerprint density at radius 1 is 1.32 bits per heavy atom. The molecular formula is C12H23N3O3S. The molecule has 6 nitrogen and oxygen atoms in total. The summed E-state index contributed by atoms with van der Waals surface area (Å²) in [5, 5.41) is 2.50. The Bertz CT molecular complexity index is 307. The van der Waals surface area contributed by atoms with Gasteiger partial charge in [-0.1, -0.05) is 0 Å². The Labute approximate surface area is 118 Å². The highest BCUT2D eigenvalue weighted by Crippen LogP contribution is 2.05. The predicted octanol–water partition coefficient (Wildman–Crippen LogP) is 0.238. The minimum Gasteiger partial charge on any atom is -0.453 e. The van der Waals surface area contributed by atoms with Crippen molar-refractivity contribution in [2.45, 2.75) is 13.0 Å². The summed E-state index contributed by atoms with van der Waals surface area (Å²) in [5.74, 6) is 1.07. The molecule has 0 saturated carbocycles. The fourth-order valence-electron chi connectivity index (χ4n) is 1.98. The molecule has 0 radical (unpaired) electrons. The van der Waals surface area contributed by atoms with Crippen LogP contribution in [0.25, 0.3) is 0 Å². The SMILES string of the molecule is COC(=O)NC(C)C(=O)N1CCN(CCSC)CC1. The van der Waals surface area contributed by atoms with E-state index in [1.165, 1.54) is 7.11 Å². The van der Waals surface area contributed by atoms with Gasteiger partial charge < -0.3 is 15.0 Å². The van der Waals surface area contributed by atoms with Gasteiger partial charge >= 0.3 is 6.09 Å². The lowest BCUT2D eigenvalue weighted by atomic mass is 10.2. The van der Waals surface area contributed by atoms with Crippen LogP contribution in [0.1, 0.15) is 6.92 Å². The van der Waals surface area contributed by atoms with E-state index in [1.807, 2.05) is 11.8 Å². The molecule has 0 aromatic rings. The van der Waals surface area contributed by atoms with Crippen LogP contribution in [0.4, 0.5) is 4.79 Å². The number of nitrogens with one attached hydrogen (secondary N) is 1. The number of methoxy groups -OCH3 is 1. The number of thioether (sulfide) groups is 1. The average molecular weight is 289 g/mol. The van der Waals surface area contributed by atoms with Gasteiger partial charge in [-0.05, 0) is 13.2 Å². The summed E-state index contributed by atoms with van der Waals surface area (Å²) in [7, 11) is 1.29. The second-order valence-corrected chi connectivity index (χ2v) is 5.50. The van der Waals surface area contributed by atoms with Gasteiger partial charge in [-0.25, -0.2) is 4.79 Å². The second kappa shape index (κ2) is 8.27. The first-order chi connectivity index (χ1) is 9.08. The van der Waals surface area contributed by atoms with E-state index in [9.17, 15) is 9.59 Å². The quantitative estimate of drug-likeness (QED) is 0.785. The highest BCUT2D eigenvalue weighted by Gasteiger charge is 2.25. The lowest BCUT2D eigenvalue weighted by Crippen LogP contribution is -2.54. The minimum absolute atomic E-state index is 0.0464. The van der Waals surface area contributed by atoms with Gasteiger partial charge in [0, 0.05) is 38.5 Å². The van der Waals surface area contributed by atoms with E-state index in [1.54, 1.807) is 11.8 Å². The highest BCUT2D eigenvalue weighted by atomic mass is 32.2. The van der Waals surface area contributed by atoms with Crippen molar-refractivity contribution in [3.8, 4) is 0 Å². The molecule has 0 aromatic heterocycles. The highest BCUT2D eigenvalue weighted by molar-refractivity contribution is 7.98. The van der Waals surface area contributed by atoms with Gasteiger partial charge in [-0.2, -0.15) is 11.8 Å². The van der Waals surface area contributed by atoms with Gasteiger partial charge in [-0.3, -0.25) is 9.69 Å². The number of hydrogen-bond acceptors (Lipinski definition) is 5. The maximum atomic E-state index is 12.1. The molecule has 1 rings (SSSR count). The molecule has 1 aliphatic heterocycles. The van der Waals surface area contributed by atoms with Crippen LogP contribution < -0.4 is 5.32 Å². The molecule has 1 N–H and O–H groups in total. The van der Waals surface area contributed by atoms with Gasteiger partial charge in [0.2, 0.25) is 5.91 Å². The van der Waals surface area contributed by atoms with Crippen LogP contribution in [0, 0.1) is 0 Å². The Morgan fingerprint density at radius 3 is 2.47 bits per heavy atom. The molecule has 1 fully saturated rings. The van der Waals surface area contributed by atoms with Crippen LogP contribution in [0.15, 0.2) is 0 Å². The summed E-state index contributed by atoms with van der Waals surface area (Å²) in [6.45, 7) is 5.99. The third kappa shape index (κ3) is 5.28. The minimum atomic E-state index is -0.570. The normalized spacial score (nSPS) is 17.9. The molecule has 19 heavy (non-hydrogen) atoms. The van der Waals surface area contributed by atoms with Gasteiger partial charge in [0.05, 0.1) is 7.11 Å². The monoisotopic (exact) mass is 289 g/mol. The summed E-state index contributed by atoms with van der Waals surface area (Å²) in [6, 6.07) is -0.537. The number of alkyl carbamates (subject to hydrolysis) is 1. The van der Waals surface area contributed by atoms with Crippen molar-refractivity contribution in [2.24, 2.45) is 0 Å². The summed E-state index contributed by atoms with van der Waals surface area (Å²) >= 11 is 1.83. The lowest BCUT2D eigenvalue weighted by Gasteiger charge is -2.35. The van der Waals surface area contributed by atoms with Crippen LogP contribution in [0.5, 0.6) is 0 Å². The fraction of sp³-hybridized carbons (Fsp3) is 0.833. The van der Waals surface area contributed by atoms with Crippen molar-refractivity contribution in [1.29, 1.82) is 0 Å². The van der Waals surface area contributed by atoms with E-state index in [4.69, 9.17) is 0 Å². The predicted molar refractivity (Wildman–Crippen MR) is 76.4 cm³/mol. The van der Waals surface area contributed by atoms with Gasteiger partial charge in [0.25, 0.3) is 0 Å². The molecule has 1 unspecified atom stereocenters. The second-order valence-electron chi connectivity index (χ2n) is 4.52. The topological polar surface area (TPSA) is 61.9 Å². The average Bonchev–Trinajstić information content (AvgIpc) is 2.44. The molecular weight excluding hydrogens is 266 g/mol. The maximum Gasteiger partial charge on any atom is 0.407 e. The van der Waals surface area contributed by atoms with Crippen molar-refractivity contribution in [3.63, 3.8) is 0 Å². The third-order valence-electron chi connectivity index (χ3n) is 3.19. The van der Waals surface area contributed by atoms with Crippen molar-refractivity contribution < 1.29 is 14.3 Å². The number of nitrogens with zero attached hydrogens (tertiary/aromatic N) is 2. The number of rotatable bonds is 5. The zero-order valence-corrected chi connectivity index (χ0v) is 12.7. The van der Waals surface area contributed by atoms with Crippen LogP contribution in [-0.2, 0) is 9.53 Å². The lowest BCUT2D eigenvalue weighted by molar-refractivity contribution is -0.134. The Hall–Kier alpha value is -0.950. The van der Waals surface area contributed by atoms with E-state index in [-0.39, 0.29) is 5.91 Å². The summed E-state index contributed by atoms with van der Waals surface area (Å²) in [5.41, 5.74) is 0. The molecule has 0 aromatic carbocycles. The molecule has 7 heteroatoms.